The molecule has 90 valence electrons. The van der Waals surface area contributed by atoms with E-state index in [-0.39, 0.29) is 11.6 Å². The summed E-state index contributed by atoms with van der Waals surface area (Å²) in [5.74, 6) is 0.00787. The summed E-state index contributed by atoms with van der Waals surface area (Å²) in [6.07, 6.45) is 1.92. The molecule has 3 heteroatoms. The van der Waals surface area contributed by atoms with Crippen LogP contribution in [0.5, 0.6) is 5.75 Å². The molecule has 0 aliphatic heterocycles. The van der Waals surface area contributed by atoms with Crippen molar-refractivity contribution in [2.24, 2.45) is 0 Å². The van der Waals surface area contributed by atoms with Crippen molar-refractivity contribution in [3.05, 3.63) is 66.1 Å². The number of hydrogen-bond donors (Lipinski definition) is 1. The molecule has 0 atom stereocenters. The highest BCUT2D eigenvalue weighted by atomic mass is 19.1. The molecule has 0 saturated heterocycles. The van der Waals surface area contributed by atoms with E-state index in [1.54, 1.807) is 24.3 Å². The number of phenols is 1. The first-order valence-corrected chi connectivity index (χ1v) is 5.75. The topological polar surface area (TPSA) is 25.2 Å². The summed E-state index contributed by atoms with van der Waals surface area (Å²) in [6.45, 7) is 0.612. The minimum absolute atomic E-state index is 0.238. The zero-order valence-electron chi connectivity index (χ0n) is 9.68. The third-order valence-electron chi connectivity index (χ3n) is 3.00. The Morgan fingerprint density at radius 2 is 1.94 bits per heavy atom. The zero-order chi connectivity index (χ0) is 12.5. The molecule has 0 radical (unpaired) electrons. The third kappa shape index (κ3) is 1.95. The van der Waals surface area contributed by atoms with Crippen LogP contribution in [0.2, 0.25) is 0 Å². The number of hydrogen-bond acceptors (Lipinski definition) is 1. The zero-order valence-corrected chi connectivity index (χ0v) is 9.68. The van der Waals surface area contributed by atoms with Gasteiger partial charge in [0.1, 0.15) is 11.6 Å². The Morgan fingerprint density at radius 3 is 2.78 bits per heavy atom. The van der Waals surface area contributed by atoms with E-state index < -0.39 is 0 Å². The van der Waals surface area contributed by atoms with Gasteiger partial charge in [-0.05, 0) is 47.3 Å². The van der Waals surface area contributed by atoms with Gasteiger partial charge in [0.05, 0.1) is 5.52 Å². The summed E-state index contributed by atoms with van der Waals surface area (Å²) >= 11 is 0. The maximum atomic E-state index is 13.2. The normalized spacial score (nSPS) is 10.9. The molecular weight excluding hydrogens is 229 g/mol. The lowest BCUT2D eigenvalue weighted by Crippen LogP contribution is -1.97. The van der Waals surface area contributed by atoms with Gasteiger partial charge in [-0.1, -0.05) is 12.1 Å². The van der Waals surface area contributed by atoms with Gasteiger partial charge >= 0.3 is 0 Å². The Hall–Kier alpha value is -2.29. The first kappa shape index (κ1) is 10.8. The standard InChI is InChI=1S/C15H12FNO/c16-13-5-4-12-6-7-17(15(12)9-13)10-11-2-1-3-14(18)8-11/h1-9,18H,10H2. The molecule has 0 bridgehead atoms. The van der Waals surface area contributed by atoms with Crippen molar-refractivity contribution in [1.29, 1.82) is 0 Å². The van der Waals surface area contributed by atoms with Crippen LogP contribution >= 0.6 is 0 Å². The molecule has 3 aromatic rings. The van der Waals surface area contributed by atoms with E-state index in [1.807, 2.05) is 22.9 Å². The van der Waals surface area contributed by atoms with Gasteiger partial charge in [-0.3, -0.25) is 0 Å². The van der Waals surface area contributed by atoms with Crippen molar-refractivity contribution in [3.63, 3.8) is 0 Å². The second-order valence-electron chi connectivity index (χ2n) is 4.32. The fourth-order valence-corrected chi connectivity index (χ4v) is 2.15. The quantitative estimate of drug-likeness (QED) is 0.729. The van der Waals surface area contributed by atoms with Gasteiger partial charge < -0.3 is 9.67 Å². The average molecular weight is 241 g/mol. The number of aromatic hydroxyl groups is 1. The highest BCUT2D eigenvalue weighted by molar-refractivity contribution is 5.80. The molecule has 3 rings (SSSR count). The smallest absolute Gasteiger partial charge is 0.125 e. The number of rotatable bonds is 2. The molecule has 0 unspecified atom stereocenters. The van der Waals surface area contributed by atoms with Gasteiger partial charge in [-0.2, -0.15) is 0 Å². The van der Waals surface area contributed by atoms with Crippen molar-refractivity contribution < 1.29 is 9.50 Å². The first-order valence-electron chi connectivity index (χ1n) is 5.75. The van der Waals surface area contributed by atoms with Crippen molar-refractivity contribution in [2.45, 2.75) is 6.54 Å². The largest absolute Gasteiger partial charge is 0.508 e. The summed E-state index contributed by atoms with van der Waals surface area (Å²) in [6, 6.07) is 13.8. The number of fused-ring (bicyclic) bond motifs is 1. The fraction of sp³-hybridized carbons (Fsp3) is 0.0667. The Bertz CT molecular complexity index is 703. The summed E-state index contributed by atoms with van der Waals surface area (Å²) < 4.78 is 15.2. The van der Waals surface area contributed by atoms with E-state index >= 15 is 0 Å². The number of phenolic OH excluding ortho intramolecular Hbond substituents is 1. The minimum atomic E-state index is -0.238. The van der Waals surface area contributed by atoms with Crippen LogP contribution in [0.25, 0.3) is 10.9 Å². The van der Waals surface area contributed by atoms with Crippen LogP contribution in [0.4, 0.5) is 4.39 Å². The maximum absolute atomic E-state index is 13.2. The van der Waals surface area contributed by atoms with Crippen LogP contribution in [-0.2, 0) is 6.54 Å². The number of aromatic nitrogens is 1. The van der Waals surface area contributed by atoms with Gasteiger partial charge in [0.2, 0.25) is 0 Å². The second-order valence-corrected chi connectivity index (χ2v) is 4.32. The molecule has 0 amide bonds. The summed E-state index contributed by atoms with van der Waals surface area (Å²) in [5, 5.41) is 10.4. The van der Waals surface area contributed by atoms with Crippen LogP contribution in [0.15, 0.2) is 54.7 Å². The van der Waals surface area contributed by atoms with E-state index in [0.717, 1.165) is 16.5 Å². The highest BCUT2D eigenvalue weighted by Crippen LogP contribution is 2.19. The second kappa shape index (κ2) is 4.18. The van der Waals surface area contributed by atoms with Crippen LogP contribution in [0.1, 0.15) is 5.56 Å². The molecular formula is C15H12FNO. The number of halogens is 1. The molecule has 0 aliphatic rings. The molecule has 1 N–H and O–H groups in total. The lowest BCUT2D eigenvalue weighted by Gasteiger charge is -2.06. The average Bonchev–Trinajstić information content (AvgIpc) is 2.72. The predicted octanol–water partition coefficient (Wildman–Crippen LogP) is 3.53. The van der Waals surface area contributed by atoms with Gasteiger partial charge in [0.25, 0.3) is 0 Å². The molecule has 2 aromatic carbocycles. The van der Waals surface area contributed by atoms with E-state index in [0.29, 0.717) is 6.54 Å². The van der Waals surface area contributed by atoms with Crippen LogP contribution < -0.4 is 0 Å². The lowest BCUT2D eigenvalue weighted by molar-refractivity contribution is 0.474. The maximum Gasteiger partial charge on any atom is 0.125 e. The molecule has 0 saturated carbocycles. The van der Waals surface area contributed by atoms with Crippen LogP contribution in [-0.4, -0.2) is 9.67 Å². The summed E-state index contributed by atoms with van der Waals surface area (Å²) in [7, 11) is 0. The highest BCUT2D eigenvalue weighted by Gasteiger charge is 2.03. The van der Waals surface area contributed by atoms with Gasteiger partial charge in [0.15, 0.2) is 0 Å². The molecule has 2 nitrogen and oxygen atoms in total. The van der Waals surface area contributed by atoms with E-state index in [9.17, 15) is 9.50 Å². The minimum Gasteiger partial charge on any atom is -0.508 e. The monoisotopic (exact) mass is 241 g/mol. The van der Waals surface area contributed by atoms with Gasteiger partial charge in [0, 0.05) is 12.7 Å². The molecule has 18 heavy (non-hydrogen) atoms. The number of benzene rings is 2. The molecule has 0 spiro atoms. The Morgan fingerprint density at radius 1 is 1.06 bits per heavy atom. The molecule has 0 fully saturated rings. The van der Waals surface area contributed by atoms with Gasteiger partial charge in [-0.25, -0.2) is 4.39 Å². The molecule has 1 heterocycles. The van der Waals surface area contributed by atoms with Gasteiger partial charge in [-0.15, -0.1) is 0 Å². The van der Waals surface area contributed by atoms with Crippen molar-refractivity contribution in [3.8, 4) is 5.75 Å². The van der Waals surface area contributed by atoms with Crippen molar-refractivity contribution in [2.75, 3.05) is 0 Å². The summed E-state index contributed by atoms with van der Waals surface area (Å²) in [5.41, 5.74) is 1.84. The van der Waals surface area contributed by atoms with Crippen molar-refractivity contribution in [1.82, 2.24) is 4.57 Å². The van der Waals surface area contributed by atoms with E-state index in [1.165, 1.54) is 12.1 Å². The van der Waals surface area contributed by atoms with Crippen LogP contribution in [0, 0.1) is 5.82 Å². The molecule has 0 aliphatic carbocycles. The summed E-state index contributed by atoms with van der Waals surface area (Å²) in [4.78, 5) is 0. The number of nitrogens with zero attached hydrogens (tertiary/aromatic N) is 1. The van der Waals surface area contributed by atoms with Crippen LogP contribution in [0.3, 0.4) is 0 Å². The third-order valence-corrected chi connectivity index (χ3v) is 3.00. The predicted molar refractivity (Wildman–Crippen MR) is 69.1 cm³/mol. The fourth-order valence-electron chi connectivity index (χ4n) is 2.15. The lowest BCUT2D eigenvalue weighted by atomic mass is 10.2. The van der Waals surface area contributed by atoms with Crippen molar-refractivity contribution >= 4 is 10.9 Å². The van der Waals surface area contributed by atoms with E-state index in [4.69, 9.17) is 0 Å². The Kier molecular flexibility index (Phi) is 2.52. The Balaban J connectivity index is 2.02. The van der Waals surface area contributed by atoms with E-state index in [2.05, 4.69) is 0 Å². The molecule has 1 aromatic heterocycles. The Labute approximate surface area is 104 Å². The first-order chi connectivity index (χ1) is 8.72. The SMILES string of the molecule is Oc1cccc(Cn2ccc3ccc(F)cc32)c1.